The highest BCUT2D eigenvalue weighted by atomic mass is 32.2. The van der Waals surface area contributed by atoms with Crippen LogP contribution >= 0.6 is 0 Å². The van der Waals surface area contributed by atoms with E-state index < -0.39 is 10.0 Å². The van der Waals surface area contributed by atoms with Gasteiger partial charge in [-0.2, -0.15) is 0 Å². The summed E-state index contributed by atoms with van der Waals surface area (Å²) in [6.45, 7) is 3.49. The Labute approximate surface area is 159 Å². The molecule has 0 heterocycles. The van der Waals surface area contributed by atoms with Crippen LogP contribution in [0.25, 0.3) is 10.8 Å². The van der Waals surface area contributed by atoms with Gasteiger partial charge in [0.15, 0.2) is 0 Å². The van der Waals surface area contributed by atoms with Gasteiger partial charge in [0.25, 0.3) is 5.91 Å². The maximum absolute atomic E-state index is 12.7. The summed E-state index contributed by atoms with van der Waals surface area (Å²) in [4.78, 5) is 12.7. The fourth-order valence-corrected chi connectivity index (χ4v) is 3.59. The van der Waals surface area contributed by atoms with Crippen LogP contribution in [-0.2, 0) is 10.0 Å². The van der Waals surface area contributed by atoms with Gasteiger partial charge in [0.05, 0.1) is 11.8 Å². The fraction of sp³-hybridized carbons (Fsp3) is 0.190. The summed E-state index contributed by atoms with van der Waals surface area (Å²) in [6, 6.07) is 20.3. The Morgan fingerprint density at radius 2 is 1.70 bits per heavy atom. The smallest absolute Gasteiger partial charge is 0.251 e. The first-order chi connectivity index (χ1) is 12.9. The molecule has 1 atom stereocenters. The zero-order valence-electron chi connectivity index (χ0n) is 15.3. The lowest BCUT2D eigenvalue weighted by Gasteiger charge is -2.17. The van der Waals surface area contributed by atoms with Crippen molar-refractivity contribution < 1.29 is 13.2 Å². The maximum atomic E-state index is 12.7. The Bertz CT molecular complexity index is 1070. The monoisotopic (exact) mass is 382 g/mol. The van der Waals surface area contributed by atoms with Crippen LogP contribution in [0.5, 0.6) is 0 Å². The molecule has 6 heteroatoms. The third-order valence-electron chi connectivity index (χ3n) is 4.42. The number of rotatable bonds is 6. The predicted octanol–water partition coefficient (Wildman–Crippen LogP) is 4.09. The minimum atomic E-state index is -3.39. The molecule has 1 unspecified atom stereocenters. The molecule has 0 bridgehead atoms. The number of carbonyl (C=O) groups excluding carboxylic acids is 1. The Morgan fingerprint density at radius 1 is 1.00 bits per heavy atom. The molecule has 27 heavy (non-hydrogen) atoms. The number of carbonyl (C=O) groups is 1. The molecule has 0 fully saturated rings. The van der Waals surface area contributed by atoms with Crippen molar-refractivity contribution in [3.63, 3.8) is 0 Å². The van der Waals surface area contributed by atoms with Gasteiger partial charge in [0.2, 0.25) is 10.0 Å². The average Bonchev–Trinajstić information content (AvgIpc) is 2.67. The number of fused-ring (bicyclic) bond motifs is 1. The van der Waals surface area contributed by atoms with Crippen molar-refractivity contribution >= 4 is 32.4 Å². The molecule has 1 amide bonds. The quantitative estimate of drug-likeness (QED) is 0.674. The summed E-state index contributed by atoms with van der Waals surface area (Å²) < 4.78 is 25.9. The minimum absolute atomic E-state index is 0.0263. The summed E-state index contributed by atoms with van der Waals surface area (Å²) in [5.41, 5.74) is 1.81. The molecular weight excluding hydrogens is 360 g/mol. The van der Waals surface area contributed by atoms with Crippen molar-refractivity contribution in [1.82, 2.24) is 5.32 Å². The first-order valence-electron chi connectivity index (χ1n) is 8.78. The average molecular weight is 382 g/mol. The second-order valence-corrected chi connectivity index (χ2v) is 8.36. The van der Waals surface area contributed by atoms with E-state index in [1.54, 1.807) is 31.2 Å². The van der Waals surface area contributed by atoms with Gasteiger partial charge in [-0.25, -0.2) is 8.42 Å². The van der Waals surface area contributed by atoms with Crippen LogP contribution in [0.15, 0.2) is 66.7 Å². The van der Waals surface area contributed by atoms with Crippen LogP contribution in [0, 0.1) is 0 Å². The number of amides is 1. The molecule has 3 aromatic carbocycles. The number of hydrogen-bond acceptors (Lipinski definition) is 3. The van der Waals surface area contributed by atoms with E-state index in [1.165, 1.54) is 0 Å². The lowest BCUT2D eigenvalue weighted by molar-refractivity contribution is 0.0940. The lowest BCUT2D eigenvalue weighted by Crippen LogP contribution is -2.27. The normalized spacial score (nSPS) is 12.5. The van der Waals surface area contributed by atoms with Crippen molar-refractivity contribution in [1.29, 1.82) is 0 Å². The summed E-state index contributed by atoms with van der Waals surface area (Å²) in [5.74, 6) is -0.283. The third-order valence-corrected chi connectivity index (χ3v) is 5.72. The Balaban J connectivity index is 1.81. The van der Waals surface area contributed by atoms with Crippen LogP contribution in [0.3, 0.4) is 0 Å². The minimum Gasteiger partial charge on any atom is -0.345 e. The number of benzene rings is 3. The van der Waals surface area contributed by atoms with Crippen molar-refractivity contribution in [2.45, 2.75) is 19.9 Å². The van der Waals surface area contributed by atoms with Gasteiger partial charge in [-0.1, -0.05) is 48.5 Å². The molecule has 140 valence electrons. The van der Waals surface area contributed by atoms with Gasteiger partial charge in [-0.15, -0.1) is 0 Å². The highest BCUT2D eigenvalue weighted by Gasteiger charge is 2.15. The fourth-order valence-electron chi connectivity index (χ4n) is 2.96. The topological polar surface area (TPSA) is 75.3 Å². The predicted molar refractivity (Wildman–Crippen MR) is 109 cm³/mol. The third kappa shape index (κ3) is 4.46. The van der Waals surface area contributed by atoms with E-state index in [0.717, 1.165) is 16.3 Å². The largest absolute Gasteiger partial charge is 0.345 e. The van der Waals surface area contributed by atoms with Crippen molar-refractivity contribution in [2.24, 2.45) is 0 Å². The van der Waals surface area contributed by atoms with Crippen molar-refractivity contribution in [2.75, 3.05) is 10.5 Å². The van der Waals surface area contributed by atoms with Crippen LogP contribution in [-0.4, -0.2) is 20.1 Å². The van der Waals surface area contributed by atoms with Gasteiger partial charge in [0, 0.05) is 11.3 Å². The van der Waals surface area contributed by atoms with E-state index in [4.69, 9.17) is 0 Å². The van der Waals surface area contributed by atoms with Gasteiger partial charge in [-0.3, -0.25) is 9.52 Å². The zero-order chi connectivity index (χ0) is 19.4. The summed E-state index contributed by atoms with van der Waals surface area (Å²) in [7, 11) is -3.39. The first-order valence-corrected chi connectivity index (χ1v) is 10.4. The van der Waals surface area contributed by atoms with Crippen LogP contribution in [0.4, 0.5) is 5.69 Å². The summed E-state index contributed by atoms with van der Waals surface area (Å²) in [6.07, 6.45) is 0. The lowest BCUT2D eigenvalue weighted by atomic mass is 9.99. The van der Waals surface area contributed by atoms with E-state index in [1.807, 2.05) is 49.4 Å². The molecule has 5 nitrogen and oxygen atoms in total. The zero-order valence-corrected chi connectivity index (χ0v) is 16.1. The Morgan fingerprint density at radius 3 is 2.48 bits per heavy atom. The van der Waals surface area contributed by atoms with E-state index in [-0.39, 0.29) is 17.7 Å². The SMILES string of the molecule is CCS(=O)(=O)Nc1cccc(C(=O)NC(C)c2cccc3ccccc23)c1. The number of hydrogen-bond donors (Lipinski definition) is 2. The molecule has 0 saturated heterocycles. The molecule has 0 aliphatic heterocycles. The molecule has 3 rings (SSSR count). The number of anilines is 1. The molecular formula is C21H22N2O3S. The van der Waals surface area contributed by atoms with Crippen LogP contribution in [0.2, 0.25) is 0 Å². The number of sulfonamides is 1. The summed E-state index contributed by atoms with van der Waals surface area (Å²) >= 11 is 0. The van der Waals surface area contributed by atoms with E-state index >= 15 is 0 Å². The molecule has 0 radical (unpaired) electrons. The molecule has 0 spiro atoms. The van der Waals surface area contributed by atoms with Gasteiger partial charge >= 0.3 is 0 Å². The van der Waals surface area contributed by atoms with Gasteiger partial charge in [0.1, 0.15) is 0 Å². The molecule has 0 aromatic heterocycles. The highest BCUT2D eigenvalue weighted by molar-refractivity contribution is 7.92. The molecule has 0 aliphatic rings. The molecule has 0 saturated carbocycles. The van der Waals surface area contributed by atoms with Crippen molar-refractivity contribution in [3.8, 4) is 0 Å². The second kappa shape index (κ2) is 7.80. The maximum Gasteiger partial charge on any atom is 0.251 e. The Kier molecular flexibility index (Phi) is 5.46. The van der Waals surface area contributed by atoms with E-state index in [0.29, 0.717) is 11.3 Å². The van der Waals surface area contributed by atoms with Gasteiger partial charge < -0.3 is 5.32 Å². The van der Waals surface area contributed by atoms with E-state index in [9.17, 15) is 13.2 Å². The highest BCUT2D eigenvalue weighted by Crippen LogP contribution is 2.24. The first kappa shape index (κ1) is 18.9. The molecule has 2 N–H and O–H groups in total. The van der Waals surface area contributed by atoms with Gasteiger partial charge in [-0.05, 0) is 48.4 Å². The summed E-state index contributed by atoms with van der Waals surface area (Å²) in [5, 5.41) is 5.20. The Hall–Kier alpha value is -2.86. The van der Waals surface area contributed by atoms with Crippen molar-refractivity contribution in [3.05, 3.63) is 77.9 Å². The molecule has 0 aliphatic carbocycles. The van der Waals surface area contributed by atoms with Crippen LogP contribution < -0.4 is 10.0 Å². The van der Waals surface area contributed by atoms with Crippen LogP contribution in [0.1, 0.15) is 35.8 Å². The van der Waals surface area contributed by atoms with E-state index in [2.05, 4.69) is 10.0 Å². The number of nitrogens with one attached hydrogen (secondary N) is 2. The second-order valence-electron chi connectivity index (χ2n) is 6.35. The molecule has 3 aromatic rings. The standard InChI is InChI=1S/C21H22N2O3S/c1-3-27(25,26)23-18-11-6-10-17(14-18)21(24)22-15(2)19-13-7-9-16-8-4-5-12-20(16)19/h4-15,23H,3H2,1-2H3,(H,22,24).